The number of likely N-dealkylation sites (tertiary alicyclic amines) is 1. The van der Waals surface area contributed by atoms with Crippen LogP contribution in [0.1, 0.15) is 24.8 Å². The molecule has 0 aliphatic carbocycles. The smallest absolute Gasteiger partial charge is 0.248 e. The summed E-state index contributed by atoms with van der Waals surface area (Å²) in [7, 11) is 0. The Kier molecular flexibility index (Phi) is 5.11. The first-order valence-electron chi connectivity index (χ1n) is 8.05. The van der Waals surface area contributed by atoms with E-state index in [1.165, 1.54) is 0 Å². The molecule has 1 aliphatic rings. The van der Waals surface area contributed by atoms with Gasteiger partial charge in [0.15, 0.2) is 0 Å². The number of ether oxygens (including phenoxy) is 1. The lowest BCUT2D eigenvalue weighted by atomic mass is 9.93. The second-order valence-corrected chi connectivity index (χ2v) is 7.26. The standard InChI is InChI=1S/C17H21N3O3S/c1-11-6-7-12(17(18)22)8-20(11)16(21)10-23-9-15-19-13-4-2-3-5-14(13)24-15/h2-5,11-12H,6-10H2,1H3,(H2,18,22)/t11-,12+/m1/s1. The molecule has 3 rings (SSSR count). The number of nitrogens with two attached hydrogens (primary N) is 1. The summed E-state index contributed by atoms with van der Waals surface area (Å²) in [4.78, 5) is 29.9. The third-order valence-electron chi connectivity index (χ3n) is 4.39. The zero-order valence-electron chi connectivity index (χ0n) is 13.6. The normalized spacial score (nSPS) is 21.1. The van der Waals surface area contributed by atoms with Gasteiger partial charge in [0.2, 0.25) is 11.8 Å². The predicted molar refractivity (Wildman–Crippen MR) is 92.4 cm³/mol. The minimum Gasteiger partial charge on any atom is -0.369 e. The van der Waals surface area contributed by atoms with Gasteiger partial charge in [-0.1, -0.05) is 12.1 Å². The van der Waals surface area contributed by atoms with Crippen LogP contribution in [0.2, 0.25) is 0 Å². The Bertz CT molecular complexity index is 713. The summed E-state index contributed by atoms with van der Waals surface area (Å²) in [6, 6.07) is 8.00. The van der Waals surface area contributed by atoms with E-state index in [0.29, 0.717) is 13.2 Å². The number of para-hydroxylation sites is 1. The van der Waals surface area contributed by atoms with Crippen molar-refractivity contribution in [3.05, 3.63) is 29.3 Å². The lowest BCUT2D eigenvalue weighted by Crippen LogP contribution is -2.49. The van der Waals surface area contributed by atoms with Crippen molar-refractivity contribution < 1.29 is 14.3 Å². The van der Waals surface area contributed by atoms with Gasteiger partial charge in [-0.25, -0.2) is 4.98 Å². The van der Waals surface area contributed by atoms with Gasteiger partial charge in [0, 0.05) is 12.6 Å². The number of primary amides is 1. The minimum atomic E-state index is -0.338. The van der Waals surface area contributed by atoms with Crippen molar-refractivity contribution in [2.75, 3.05) is 13.2 Å². The first kappa shape index (κ1) is 16.9. The van der Waals surface area contributed by atoms with Crippen molar-refractivity contribution in [1.82, 2.24) is 9.88 Å². The maximum absolute atomic E-state index is 12.4. The van der Waals surface area contributed by atoms with E-state index in [0.717, 1.165) is 28.1 Å². The van der Waals surface area contributed by atoms with E-state index in [2.05, 4.69) is 4.98 Å². The fourth-order valence-electron chi connectivity index (χ4n) is 2.98. The van der Waals surface area contributed by atoms with Gasteiger partial charge >= 0.3 is 0 Å². The number of amides is 2. The van der Waals surface area contributed by atoms with Crippen LogP contribution in [0.4, 0.5) is 0 Å². The summed E-state index contributed by atoms with van der Waals surface area (Å²) in [5.41, 5.74) is 6.32. The number of carbonyl (C=O) groups is 2. The zero-order chi connectivity index (χ0) is 17.1. The molecule has 128 valence electrons. The van der Waals surface area contributed by atoms with Crippen LogP contribution in [0.5, 0.6) is 0 Å². The molecule has 0 bridgehead atoms. The van der Waals surface area contributed by atoms with Crippen LogP contribution in [0.3, 0.4) is 0 Å². The lowest BCUT2D eigenvalue weighted by Gasteiger charge is -2.36. The number of carbonyl (C=O) groups excluding carboxylic acids is 2. The largest absolute Gasteiger partial charge is 0.369 e. The van der Waals surface area contributed by atoms with Gasteiger partial charge in [-0.15, -0.1) is 11.3 Å². The highest BCUT2D eigenvalue weighted by Gasteiger charge is 2.31. The van der Waals surface area contributed by atoms with Gasteiger partial charge in [-0.3, -0.25) is 9.59 Å². The molecule has 1 fully saturated rings. The number of thiazole rings is 1. The van der Waals surface area contributed by atoms with Crippen molar-refractivity contribution in [3.63, 3.8) is 0 Å². The molecular weight excluding hydrogens is 326 g/mol. The Morgan fingerprint density at radius 2 is 2.17 bits per heavy atom. The highest BCUT2D eigenvalue weighted by molar-refractivity contribution is 7.18. The third-order valence-corrected chi connectivity index (χ3v) is 5.40. The van der Waals surface area contributed by atoms with Crippen LogP contribution in [0.15, 0.2) is 24.3 Å². The molecule has 0 unspecified atom stereocenters. The van der Waals surface area contributed by atoms with Crippen molar-refractivity contribution in [2.45, 2.75) is 32.4 Å². The number of benzene rings is 1. The molecule has 1 aliphatic heterocycles. The summed E-state index contributed by atoms with van der Waals surface area (Å²) in [5.74, 6) is -0.695. The predicted octanol–water partition coefficient (Wildman–Crippen LogP) is 1.93. The van der Waals surface area contributed by atoms with Crippen molar-refractivity contribution in [3.8, 4) is 0 Å². The number of hydrogen-bond donors (Lipinski definition) is 1. The molecule has 24 heavy (non-hydrogen) atoms. The third kappa shape index (κ3) is 3.73. The zero-order valence-corrected chi connectivity index (χ0v) is 14.4. The molecule has 2 N–H and O–H groups in total. The molecule has 2 amide bonds. The van der Waals surface area contributed by atoms with Crippen LogP contribution in [0, 0.1) is 5.92 Å². The fourth-order valence-corrected chi connectivity index (χ4v) is 3.88. The van der Waals surface area contributed by atoms with Crippen LogP contribution in [-0.2, 0) is 20.9 Å². The second-order valence-electron chi connectivity index (χ2n) is 6.14. The van der Waals surface area contributed by atoms with Crippen LogP contribution in [-0.4, -0.2) is 40.9 Å². The van der Waals surface area contributed by atoms with Crippen LogP contribution < -0.4 is 5.73 Å². The number of rotatable bonds is 5. The van der Waals surface area contributed by atoms with Gasteiger partial charge in [-0.2, -0.15) is 0 Å². The van der Waals surface area contributed by atoms with E-state index >= 15 is 0 Å². The van der Waals surface area contributed by atoms with E-state index in [-0.39, 0.29) is 30.4 Å². The average molecular weight is 347 g/mol. The molecular formula is C17H21N3O3S. The molecule has 1 saturated heterocycles. The summed E-state index contributed by atoms with van der Waals surface area (Å²) >= 11 is 1.57. The van der Waals surface area contributed by atoms with Crippen molar-refractivity contribution in [2.24, 2.45) is 11.7 Å². The SMILES string of the molecule is C[C@@H]1CC[C@H](C(N)=O)CN1C(=O)COCc1nc2ccccc2s1. The molecule has 2 atom stereocenters. The topological polar surface area (TPSA) is 85.5 Å². The van der Waals surface area contributed by atoms with E-state index in [1.807, 2.05) is 31.2 Å². The van der Waals surface area contributed by atoms with E-state index in [4.69, 9.17) is 10.5 Å². The second kappa shape index (κ2) is 7.27. The molecule has 1 aromatic carbocycles. The van der Waals surface area contributed by atoms with E-state index in [1.54, 1.807) is 16.2 Å². The number of fused-ring (bicyclic) bond motifs is 1. The summed E-state index contributed by atoms with van der Waals surface area (Å²) in [6.45, 7) is 2.68. The van der Waals surface area contributed by atoms with Crippen LogP contribution >= 0.6 is 11.3 Å². The first-order valence-corrected chi connectivity index (χ1v) is 8.87. The monoisotopic (exact) mass is 347 g/mol. The fraction of sp³-hybridized carbons (Fsp3) is 0.471. The number of piperidine rings is 1. The van der Waals surface area contributed by atoms with Gasteiger partial charge < -0.3 is 15.4 Å². The number of aromatic nitrogens is 1. The molecule has 2 aromatic rings. The number of nitrogens with zero attached hydrogens (tertiary/aromatic N) is 2. The molecule has 2 heterocycles. The molecule has 6 nitrogen and oxygen atoms in total. The molecule has 0 radical (unpaired) electrons. The Morgan fingerprint density at radius 1 is 1.38 bits per heavy atom. The van der Waals surface area contributed by atoms with Crippen molar-refractivity contribution >= 4 is 33.4 Å². The van der Waals surface area contributed by atoms with Crippen LogP contribution in [0.25, 0.3) is 10.2 Å². The van der Waals surface area contributed by atoms with Crippen molar-refractivity contribution in [1.29, 1.82) is 0 Å². The maximum atomic E-state index is 12.4. The molecule has 1 aromatic heterocycles. The summed E-state index contributed by atoms with van der Waals surface area (Å²) < 4.78 is 6.66. The van der Waals surface area contributed by atoms with Gasteiger partial charge in [0.25, 0.3) is 0 Å². The molecule has 0 saturated carbocycles. The number of hydrogen-bond acceptors (Lipinski definition) is 5. The Morgan fingerprint density at radius 3 is 2.92 bits per heavy atom. The molecule has 0 spiro atoms. The Labute approximate surface area is 144 Å². The lowest BCUT2D eigenvalue weighted by molar-refractivity contribution is -0.142. The maximum Gasteiger partial charge on any atom is 0.248 e. The summed E-state index contributed by atoms with van der Waals surface area (Å²) in [5, 5.41) is 0.853. The minimum absolute atomic E-state index is 0.00819. The highest BCUT2D eigenvalue weighted by Crippen LogP contribution is 2.23. The summed E-state index contributed by atoms with van der Waals surface area (Å²) in [6.07, 6.45) is 1.53. The Hall–Kier alpha value is -1.99. The quantitative estimate of drug-likeness (QED) is 0.895. The van der Waals surface area contributed by atoms with Gasteiger partial charge in [0.05, 0.1) is 22.7 Å². The van der Waals surface area contributed by atoms with Gasteiger partial charge in [-0.05, 0) is 31.9 Å². The first-order chi connectivity index (χ1) is 11.5. The average Bonchev–Trinajstić information content (AvgIpc) is 2.97. The highest BCUT2D eigenvalue weighted by atomic mass is 32.1. The van der Waals surface area contributed by atoms with E-state index in [9.17, 15) is 9.59 Å². The Balaban J connectivity index is 1.53. The molecule has 7 heteroatoms. The van der Waals surface area contributed by atoms with E-state index < -0.39 is 0 Å². The van der Waals surface area contributed by atoms with Gasteiger partial charge in [0.1, 0.15) is 11.6 Å².